The molecule has 1 aromatic carbocycles. The van der Waals surface area contributed by atoms with E-state index in [0.29, 0.717) is 13.1 Å². The Morgan fingerprint density at radius 3 is 2.44 bits per heavy atom. The Morgan fingerprint density at radius 2 is 1.83 bits per heavy atom. The highest BCUT2D eigenvalue weighted by Gasteiger charge is 2.27. The molecule has 0 radical (unpaired) electrons. The fourth-order valence-electron chi connectivity index (χ4n) is 1.81. The maximum atomic E-state index is 11.9. The molecule has 2 rings (SSSR count). The molecular weight excluding hydrogens is 276 g/mol. The summed E-state index contributed by atoms with van der Waals surface area (Å²) in [6, 6.07) is 6.33. The highest BCUT2D eigenvalue weighted by Crippen LogP contribution is 2.16. The third-order valence-corrected chi connectivity index (χ3v) is 4.56. The molecule has 1 aliphatic heterocycles. The van der Waals surface area contributed by atoms with Crippen molar-refractivity contribution in [2.24, 2.45) is 0 Å². The van der Waals surface area contributed by atoms with Crippen LogP contribution < -0.4 is 4.72 Å². The molecule has 1 heterocycles. The Kier molecular flexibility index (Phi) is 3.89. The number of nitrogens with zero attached hydrogens (tertiary/aromatic N) is 1. The molecule has 98 valence electrons. The molecular formula is C11H13ClN2O3S. The van der Waals surface area contributed by atoms with Crippen LogP contribution in [0.25, 0.3) is 0 Å². The lowest BCUT2D eigenvalue weighted by atomic mass is 10.2. The first-order chi connectivity index (χ1) is 8.50. The zero-order valence-corrected chi connectivity index (χ0v) is 11.2. The summed E-state index contributed by atoms with van der Waals surface area (Å²) in [5.41, 5.74) is 0.155. The number of nitrogens with one attached hydrogen (secondary N) is 1. The second-order valence-corrected chi connectivity index (χ2v) is 6.10. The fourth-order valence-corrected chi connectivity index (χ4v) is 3.24. The van der Waals surface area contributed by atoms with Crippen LogP contribution in [-0.4, -0.2) is 31.7 Å². The molecule has 18 heavy (non-hydrogen) atoms. The lowest BCUT2D eigenvalue weighted by molar-refractivity contribution is 0.0979. The van der Waals surface area contributed by atoms with Crippen LogP contribution in [0.1, 0.15) is 23.2 Å². The Morgan fingerprint density at radius 1 is 1.22 bits per heavy atom. The maximum absolute atomic E-state index is 11.9. The van der Waals surface area contributed by atoms with Gasteiger partial charge in [-0.2, -0.15) is 12.7 Å². The van der Waals surface area contributed by atoms with Crippen LogP contribution >= 0.6 is 11.6 Å². The number of carbonyl (C=O) groups excluding carboxylic acids is 1. The van der Waals surface area contributed by atoms with Gasteiger partial charge in [-0.1, -0.05) is 23.7 Å². The number of hydrogen-bond donors (Lipinski definition) is 1. The summed E-state index contributed by atoms with van der Waals surface area (Å²) in [5.74, 6) is -0.701. The minimum Gasteiger partial charge on any atom is -0.268 e. The Labute approximate surface area is 111 Å². The van der Waals surface area contributed by atoms with E-state index < -0.39 is 16.1 Å². The molecule has 0 spiro atoms. The van der Waals surface area contributed by atoms with Gasteiger partial charge in [-0.3, -0.25) is 4.79 Å². The molecule has 0 aliphatic carbocycles. The molecule has 1 saturated heterocycles. The number of hydrogen-bond acceptors (Lipinski definition) is 3. The van der Waals surface area contributed by atoms with Crippen molar-refractivity contribution in [1.82, 2.24) is 9.03 Å². The Balaban J connectivity index is 2.14. The highest BCUT2D eigenvalue weighted by molar-refractivity contribution is 7.87. The lowest BCUT2D eigenvalue weighted by Crippen LogP contribution is -2.42. The van der Waals surface area contributed by atoms with Crippen molar-refractivity contribution in [1.29, 1.82) is 0 Å². The van der Waals surface area contributed by atoms with Crippen LogP contribution in [0.15, 0.2) is 24.3 Å². The van der Waals surface area contributed by atoms with Crippen LogP contribution in [0.3, 0.4) is 0 Å². The van der Waals surface area contributed by atoms with Gasteiger partial charge in [0.1, 0.15) is 0 Å². The maximum Gasteiger partial charge on any atom is 0.304 e. The van der Waals surface area contributed by atoms with Crippen LogP contribution in [0.4, 0.5) is 0 Å². The quantitative estimate of drug-likeness (QED) is 0.914. The van der Waals surface area contributed by atoms with Crippen LogP contribution in [-0.2, 0) is 10.2 Å². The smallest absolute Gasteiger partial charge is 0.268 e. The number of halogens is 1. The summed E-state index contributed by atoms with van der Waals surface area (Å²) in [7, 11) is -3.75. The second-order valence-electron chi connectivity index (χ2n) is 4.02. The van der Waals surface area contributed by atoms with Gasteiger partial charge < -0.3 is 0 Å². The van der Waals surface area contributed by atoms with Gasteiger partial charge in [-0.25, -0.2) is 4.72 Å². The van der Waals surface area contributed by atoms with Crippen molar-refractivity contribution in [2.45, 2.75) is 12.8 Å². The van der Waals surface area contributed by atoms with Crippen LogP contribution in [0.2, 0.25) is 5.02 Å². The number of rotatable bonds is 3. The molecule has 0 atom stereocenters. The summed E-state index contributed by atoms with van der Waals surface area (Å²) < 4.78 is 27.1. The summed E-state index contributed by atoms with van der Waals surface area (Å²) in [5, 5.41) is 0.228. The van der Waals surface area contributed by atoms with Crippen molar-refractivity contribution >= 4 is 27.7 Å². The van der Waals surface area contributed by atoms with Crippen LogP contribution in [0, 0.1) is 0 Å². The third kappa shape index (κ3) is 2.82. The van der Waals surface area contributed by atoms with E-state index in [9.17, 15) is 13.2 Å². The van der Waals surface area contributed by atoms with Gasteiger partial charge in [0.25, 0.3) is 5.91 Å². The average molecular weight is 289 g/mol. The number of benzene rings is 1. The molecule has 1 aliphatic rings. The summed E-state index contributed by atoms with van der Waals surface area (Å²) >= 11 is 5.84. The molecule has 1 aromatic rings. The second kappa shape index (κ2) is 5.26. The van der Waals surface area contributed by atoms with E-state index >= 15 is 0 Å². The van der Waals surface area contributed by atoms with E-state index in [1.54, 1.807) is 18.2 Å². The van der Waals surface area contributed by atoms with E-state index in [2.05, 4.69) is 0 Å². The first-order valence-electron chi connectivity index (χ1n) is 5.57. The summed E-state index contributed by atoms with van der Waals surface area (Å²) in [6.45, 7) is 0.899. The molecule has 1 fully saturated rings. The number of amides is 1. The third-order valence-electron chi connectivity index (χ3n) is 2.75. The predicted molar refractivity (Wildman–Crippen MR) is 68.6 cm³/mol. The summed E-state index contributed by atoms with van der Waals surface area (Å²) in [6.07, 6.45) is 1.64. The highest BCUT2D eigenvalue weighted by atomic mass is 35.5. The van der Waals surface area contributed by atoms with Gasteiger partial charge in [0.2, 0.25) is 0 Å². The van der Waals surface area contributed by atoms with Gasteiger partial charge in [-0.15, -0.1) is 0 Å². The first kappa shape index (κ1) is 13.3. The Bertz CT molecular complexity index is 553. The zero-order chi connectivity index (χ0) is 13.2. The molecule has 0 saturated carbocycles. The van der Waals surface area contributed by atoms with E-state index in [1.807, 2.05) is 4.72 Å². The van der Waals surface area contributed by atoms with Gasteiger partial charge in [-0.05, 0) is 25.0 Å². The van der Waals surface area contributed by atoms with Crippen molar-refractivity contribution in [3.63, 3.8) is 0 Å². The molecule has 0 bridgehead atoms. The van der Waals surface area contributed by atoms with E-state index in [4.69, 9.17) is 11.6 Å². The summed E-state index contributed by atoms with van der Waals surface area (Å²) in [4.78, 5) is 11.8. The Hall–Kier alpha value is -1.11. The standard InChI is InChI=1S/C11H13ClN2O3S/c12-10-6-2-1-5-9(10)11(15)13-18(16,17)14-7-3-4-8-14/h1-2,5-6H,3-4,7-8H2,(H,13,15). The first-order valence-corrected chi connectivity index (χ1v) is 7.39. The molecule has 1 N–H and O–H groups in total. The van der Waals surface area contributed by atoms with Gasteiger partial charge in [0.15, 0.2) is 0 Å². The molecule has 1 amide bonds. The lowest BCUT2D eigenvalue weighted by Gasteiger charge is -2.16. The van der Waals surface area contributed by atoms with Crippen molar-refractivity contribution in [3.05, 3.63) is 34.9 Å². The largest absolute Gasteiger partial charge is 0.304 e. The van der Waals surface area contributed by atoms with Gasteiger partial charge in [0.05, 0.1) is 10.6 Å². The fraction of sp³-hybridized carbons (Fsp3) is 0.364. The molecule has 0 unspecified atom stereocenters. The van der Waals surface area contributed by atoms with E-state index in [-0.39, 0.29) is 10.6 Å². The zero-order valence-electron chi connectivity index (χ0n) is 9.60. The normalized spacial score (nSPS) is 16.7. The van der Waals surface area contributed by atoms with Gasteiger partial charge >= 0.3 is 10.2 Å². The van der Waals surface area contributed by atoms with E-state index in [1.165, 1.54) is 10.4 Å². The topological polar surface area (TPSA) is 66.5 Å². The minimum atomic E-state index is -3.75. The predicted octanol–water partition coefficient (Wildman–Crippen LogP) is 1.41. The van der Waals surface area contributed by atoms with Crippen molar-refractivity contribution < 1.29 is 13.2 Å². The molecule has 5 nitrogen and oxygen atoms in total. The average Bonchev–Trinajstić information content (AvgIpc) is 2.82. The van der Waals surface area contributed by atoms with Crippen LogP contribution in [0.5, 0.6) is 0 Å². The van der Waals surface area contributed by atoms with Crippen molar-refractivity contribution in [2.75, 3.05) is 13.1 Å². The molecule has 0 aromatic heterocycles. The monoisotopic (exact) mass is 288 g/mol. The minimum absolute atomic E-state index is 0.155. The SMILES string of the molecule is O=C(NS(=O)(=O)N1CCCC1)c1ccccc1Cl. The van der Waals surface area contributed by atoms with Crippen molar-refractivity contribution in [3.8, 4) is 0 Å². The molecule has 7 heteroatoms. The van der Waals surface area contributed by atoms with E-state index in [0.717, 1.165) is 12.8 Å². The number of carbonyl (C=O) groups is 1. The van der Waals surface area contributed by atoms with Gasteiger partial charge in [0, 0.05) is 13.1 Å².